The fraction of sp³-hybridized carbons (Fsp3) is 0.533. The third-order valence-electron chi connectivity index (χ3n) is 3.95. The summed E-state index contributed by atoms with van der Waals surface area (Å²) in [6, 6.07) is 7.83. The molecule has 1 aromatic rings. The minimum atomic E-state index is -0.0735. The van der Waals surface area contributed by atoms with Gasteiger partial charge in [0.05, 0.1) is 7.11 Å². The van der Waals surface area contributed by atoms with Crippen LogP contribution in [0, 0.1) is 0 Å². The molecule has 0 radical (unpaired) electrons. The van der Waals surface area contributed by atoms with Crippen molar-refractivity contribution in [3.8, 4) is 5.75 Å². The summed E-state index contributed by atoms with van der Waals surface area (Å²) in [7, 11) is 3.47. The van der Waals surface area contributed by atoms with Gasteiger partial charge in [0, 0.05) is 24.8 Å². The number of nitrogens with two attached hydrogens (primary N) is 1. The first-order valence-corrected chi connectivity index (χ1v) is 7.03. The Balaban J connectivity index is 1.89. The number of ether oxygens (including phenoxy) is 1. The lowest BCUT2D eigenvalue weighted by Gasteiger charge is -2.33. The van der Waals surface area contributed by atoms with E-state index >= 15 is 0 Å². The predicted molar refractivity (Wildman–Crippen MR) is 80.0 cm³/mol. The number of rotatable bonds is 3. The highest BCUT2D eigenvalue weighted by molar-refractivity contribution is 5.89. The molecular weight excluding hydrogens is 254 g/mol. The molecule has 5 heteroatoms. The van der Waals surface area contributed by atoms with Gasteiger partial charge < -0.3 is 20.7 Å². The number of nitrogens with zero attached hydrogens (tertiary/aromatic N) is 1. The molecule has 1 aliphatic carbocycles. The number of benzene rings is 1. The largest absolute Gasteiger partial charge is 0.497 e. The molecule has 0 aromatic heterocycles. The minimum absolute atomic E-state index is 0.0735. The number of hydrogen-bond donors (Lipinski definition) is 2. The first-order valence-electron chi connectivity index (χ1n) is 7.03. The van der Waals surface area contributed by atoms with Crippen molar-refractivity contribution in [2.75, 3.05) is 19.5 Å². The molecule has 110 valence electrons. The van der Waals surface area contributed by atoms with Gasteiger partial charge in [0.2, 0.25) is 0 Å². The van der Waals surface area contributed by atoms with E-state index in [1.165, 1.54) is 0 Å². The molecule has 0 heterocycles. The van der Waals surface area contributed by atoms with Crippen LogP contribution in [0.3, 0.4) is 0 Å². The molecular formula is C15H23N3O2. The van der Waals surface area contributed by atoms with Crippen molar-refractivity contribution in [3.05, 3.63) is 24.3 Å². The van der Waals surface area contributed by atoms with E-state index < -0.39 is 0 Å². The van der Waals surface area contributed by atoms with Gasteiger partial charge >= 0.3 is 6.03 Å². The molecule has 0 unspecified atom stereocenters. The van der Waals surface area contributed by atoms with E-state index in [1.54, 1.807) is 12.0 Å². The smallest absolute Gasteiger partial charge is 0.321 e. The van der Waals surface area contributed by atoms with Crippen molar-refractivity contribution >= 4 is 11.7 Å². The van der Waals surface area contributed by atoms with Gasteiger partial charge in [-0.15, -0.1) is 0 Å². The van der Waals surface area contributed by atoms with Crippen LogP contribution >= 0.6 is 0 Å². The maximum atomic E-state index is 12.2. The van der Waals surface area contributed by atoms with E-state index in [2.05, 4.69) is 5.32 Å². The van der Waals surface area contributed by atoms with Gasteiger partial charge in [-0.2, -0.15) is 0 Å². The summed E-state index contributed by atoms with van der Waals surface area (Å²) < 4.78 is 5.09. The number of nitrogens with one attached hydrogen (secondary N) is 1. The molecule has 5 nitrogen and oxygen atoms in total. The van der Waals surface area contributed by atoms with Crippen LogP contribution < -0.4 is 15.8 Å². The number of anilines is 1. The van der Waals surface area contributed by atoms with E-state index in [1.807, 2.05) is 31.3 Å². The van der Waals surface area contributed by atoms with Crippen molar-refractivity contribution in [2.45, 2.75) is 37.8 Å². The third kappa shape index (κ3) is 3.63. The summed E-state index contributed by atoms with van der Waals surface area (Å²) in [6.45, 7) is 0. The summed E-state index contributed by atoms with van der Waals surface area (Å²) >= 11 is 0. The number of urea groups is 1. The number of amides is 2. The average Bonchev–Trinajstić information content (AvgIpc) is 2.48. The Morgan fingerprint density at radius 2 is 1.85 bits per heavy atom. The predicted octanol–water partition coefficient (Wildman–Crippen LogP) is 2.43. The van der Waals surface area contributed by atoms with E-state index in [9.17, 15) is 4.79 Å². The topological polar surface area (TPSA) is 67.6 Å². The van der Waals surface area contributed by atoms with Crippen LogP contribution in [0.2, 0.25) is 0 Å². The van der Waals surface area contributed by atoms with E-state index in [0.29, 0.717) is 6.04 Å². The molecule has 0 bridgehead atoms. The molecule has 0 atom stereocenters. The highest BCUT2D eigenvalue weighted by atomic mass is 16.5. The first-order chi connectivity index (χ1) is 9.60. The lowest BCUT2D eigenvalue weighted by molar-refractivity contribution is 0.182. The lowest BCUT2D eigenvalue weighted by Crippen LogP contribution is -2.43. The zero-order valence-corrected chi connectivity index (χ0v) is 12.1. The maximum absolute atomic E-state index is 12.2. The monoisotopic (exact) mass is 277 g/mol. The van der Waals surface area contributed by atoms with Gasteiger partial charge in [-0.3, -0.25) is 0 Å². The standard InChI is InChI=1S/C15H23N3O2/c1-18(13-7-3-11(16)4-8-13)15(19)17-12-5-9-14(20-2)10-6-12/h5-6,9-11,13H,3-4,7-8,16H2,1-2H3,(H,17,19). The highest BCUT2D eigenvalue weighted by Crippen LogP contribution is 2.22. The Morgan fingerprint density at radius 1 is 1.25 bits per heavy atom. The third-order valence-corrected chi connectivity index (χ3v) is 3.95. The minimum Gasteiger partial charge on any atom is -0.497 e. The van der Waals surface area contributed by atoms with Gasteiger partial charge in [-0.05, 0) is 49.9 Å². The molecule has 1 saturated carbocycles. The van der Waals surface area contributed by atoms with E-state index in [0.717, 1.165) is 37.1 Å². The molecule has 1 fully saturated rings. The van der Waals surface area contributed by atoms with Crippen LogP contribution in [-0.4, -0.2) is 37.2 Å². The Kier molecular flexibility index (Phi) is 4.84. The molecule has 0 aliphatic heterocycles. The number of hydrogen-bond acceptors (Lipinski definition) is 3. The second-order valence-corrected chi connectivity index (χ2v) is 5.34. The van der Waals surface area contributed by atoms with E-state index in [-0.39, 0.29) is 12.1 Å². The average molecular weight is 277 g/mol. The van der Waals surface area contributed by atoms with Crippen molar-refractivity contribution in [1.82, 2.24) is 4.90 Å². The van der Waals surface area contributed by atoms with Gasteiger partial charge in [0.15, 0.2) is 0 Å². The molecule has 0 spiro atoms. The van der Waals surface area contributed by atoms with Gasteiger partial charge in [-0.1, -0.05) is 0 Å². The first kappa shape index (κ1) is 14.7. The Hall–Kier alpha value is -1.75. The quantitative estimate of drug-likeness (QED) is 0.891. The summed E-state index contributed by atoms with van der Waals surface area (Å²) in [6.07, 6.45) is 3.94. The fourth-order valence-corrected chi connectivity index (χ4v) is 2.54. The maximum Gasteiger partial charge on any atom is 0.321 e. The van der Waals surface area contributed by atoms with Gasteiger partial charge in [0.25, 0.3) is 0 Å². The number of methoxy groups -OCH3 is 1. The molecule has 3 N–H and O–H groups in total. The summed E-state index contributed by atoms with van der Waals surface area (Å²) in [5.74, 6) is 0.776. The van der Waals surface area contributed by atoms with Gasteiger partial charge in [-0.25, -0.2) is 4.79 Å². The van der Waals surface area contributed by atoms with Gasteiger partial charge in [0.1, 0.15) is 5.75 Å². The number of carbonyl (C=O) groups excluding carboxylic acids is 1. The number of carbonyl (C=O) groups is 1. The SMILES string of the molecule is COc1ccc(NC(=O)N(C)C2CCC(N)CC2)cc1. The molecule has 0 saturated heterocycles. The normalized spacial score (nSPS) is 22.1. The van der Waals surface area contributed by atoms with Crippen LogP contribution in [0.5, 0.6) is 5.75 Å². The zero-order chi connectivity index (χ0) is 14.5. The second kappa shape index (κ2) is 6.61. The molecule has 2 amide bonds. The summed E-state index contributed by atoms with van der Waals surface area (Å²) in [4.78, 5) is 14.0. The van der Waals surface area contributed by atoms with Crippen LogP contribution in [0.4, 0.5) is 10.5 Å². The van der Waals surface area contributed by atoms with Crippen molar-refractivity contribution in [2.24, 2.45) is 5.73 Å². The van der Waals surface area contributed by atoms with Crippen molar-refractivity contribution in [3.63, 3.8) is 0 Å². The van der Waals surface area contributed by atoms with Crippen LogP contribution in [0.25, 0.3) is 0 Å². The van der Waals surface area contributed by atoms with Crippen LogP contribution in [0.1, 0.15) is 25.7 Å². The Bertz CT molecular complexity index is 439. The Morgan fingerprint density at radius 3 is 2.40 bits per heavy atom. The highest BCUT2D eigenvalue weighted by Gasteiger charge is 2.24. The van der Waals surface area contributed by atoms with Crippen LogP contribution in [0.15, 0.2) is 24.3 Å². The fourth-order valence-electron chi connectivity index (χ4n) is 2.54. The summed E-state index contributed by atoms with van der Waals surface area (Å²) in [5.41, 5.74) is 6.67. The summed E-state index contributed by atoms with van der Waals surface area (Å²) in [5, 5.41) is 2.90. The van der Waals surface area contributed by atoms with Crippen molar-refractivity contribution in [1.29, 1.82) is 0 Å². The Labute approximate surface area is 120 Å². The lowest BCUT2D eigenvalue weighted by atomic mass is 9.91. The molecule has 20 heavy (non-hydrogen) atoms. The van der Waals surface area contributed by atoms with Crippen LogP contribution in [-0.2, 0) is 0 Å². The van der Waals surface area contributed by atoms with E-state index in [4.69, 9.17) is 10.5 Å². The van der Waals surface area contributed by atoms with Crippen molar-refractivity contribution < 1.29 is 9.53 Å². The zero-order valence-electron chi connectivity index (χ0n) is 12.1. The molecule has 2 rings (SSSR count). The second-order valence-electron chi connectivity index (χ2n) is 5.34. The molecule has 1 aromatic carbocycles. The molecule has 1 aliphatic rings.